The summed E-state index contributed by atoms with van der Waals surface area (Å²) < 4.78 is 103. The van der Waals surface area contributed by atoms with Crippen molar-refractivity contribution in [3.8, 4) is 0 Å². The van der Waals surface area contributed by atoms with Crippen molar-refractivity contribution in [1.29, 1.82) is 0 Å². The Kier molecular flexibility index (Phi) is 15.4. The third-order valence-electron chi connectivity index (χ3n) is 13.9. The first-order valence-corrected chi connectivity index (χ1v) is 24.2. The Bertz CT molecular complexity index is 2330. The molecule has 13 atom stereocenters. The van der Waals surface area contributed by atoms with Gasteiger partial charge in [-0.25, -0.2) is 8.37 Å². The number of carboxylic acids is 1. The lowest BCUT2D eigenvalue weighted by Crippen LogP contribution is -2.64. The molecule has 4 aliphatic carbocycles. The number of nitro benzene ring substituents is 1. The molecule has 1 saturated heterocycles. The molecule has 1 spiro atoms. The zero-order valence-electron chi connectivity index (χ0n) is 36.4. The number of rotatable bonds is 19. The maximum atomic E-state index is 13.3. The summed E-state index contributed by atoms with van der Waals surface area (Å²) in [6.45, 7) is 8.49. The molecule has 13 unspecified atom stereocenters. The molecule has 1 heterocycles. The van der Waals surface area contributed by atoms with Gasteiger partial charge in [0.05, 0.1) is 23.0 Å². The lowest BCUT2D eigenvalue weighted by molar-refractivity contribution is -0.383. The van der Waals surface area contributed by atoms with Crippen molar-refractivity contribution in [2.24, 2.45) is 45.5 Å². The minimum Gasteiger partial charge on any atom is -0.481 e. The average molecular weight is 974 g/mol. The van der Waals surface area contributed by atoms with Gasteiger partial charge in [0.2, 0.25) is 0 Å². The number of hydrogen-bond acceptors (Lipinski definition) is 18. The number of ether oxygens (including phenoxy) is 4. The zero-order valence-corrected chi connectivity index (χ0v) is 38.0. The largest absolute Gasteiger partial charge is 0.481 e. The topological polar surface area (TPSA) is 360 Å². The molecule has 4 saturated carbocycles. The number of azide groups is 1. The van der Waals surface area contributed by atoms with Gasteiger partial charge >= 0.3 is 38.7 Å². The molecule has 66 heavy (non-hydrogen) atoms. The van der Waals surface area contributed by atoms with E-state index in [9.17, 15) is 60.7 Å². The van der Waals surface area contributed by atoms with Crippen LogP contribution in [0.4, 0.5) is 17.1 Å². The zero-order chi connectivity index (χ0) is 48.5. The van der Waals surface area contributed by atoms with Crippen LogP contribution >= 0.6 is 0 Å². The van der Waals surface area contributed by atoms with Gasteiger partial charge in [-0.2, -0.15) is 16.8 Å². The van der Waals surface area contributed by atoms with Gasteiger partial charge in [-0.1, -0.05) is 38.5 Å². The highest BCUT2D eigenvalue weighted by Gasteiger charge is 2.67. The number of benzene rings is 1. The van der Waals surface area contributed by atoms with Crippen molar-refractivity contribution in [2.45, 2.75) is 128 Å². The molecule has 24 nitrogen and oxygen atoms in total. The van der Waals surface area contributed by atoms with Gasteiger partial charge in [-0.3, -0.25) is 33.6 Å². The summed E-state index contributed by atoms with van der Waals surface area (Å²) in [5.74, 6) is -4.76. The number of anilines is 1. The van der Waals surface area contributed by atoms with Gasteiger partial charge in [-0.05, 0) is 97.6 Å². The highest BCUT2D eigenvalue weighted by Crippen LogP contribution is 2.70. The Balaban J connectivity index is 1.27. The van der Waals surface area contributed by atoms with Crippen LogP contribution in [-0.2, 0) is 62.5 Å². The molecule has 5 aliphatic rings. The first kappa shape index (κ1) is 50.9. The summed E-state index contributed by atoms with van der Waals surface area (Å²) >= 11 is 0. The maximum absolute atomic E-state index is 13.3. The van der Waals surface area contributed by atoms with Crippen molar-refractivity contribution < 1.29 is 82.8 Å². The van der Waals surface area contributed by atoms with Crippen LogP contribution in [0.25, 0.3) is 10.4 Å². The first-order chi connectivity index (χ1) is 30.9. The van der Waals surface area contributed by atoms with E-state index in [-0.39, 0.29) is 73.7 Å². The van der Waals surface area contributed by atoms with Crippen LogP contribution in [0.3, 0.4) is 0 Å². The molecular weight excluding hydrogens is 919 g/mol. The fraction of sp³-hybridized carbons (Fsp3) is 0.725. The van der Waals surface area contributed by atoms with Crippen LogP contribution in [0.2, 0.25) is 0 Å². The van der Waals surface area contributed by atoms with Crippen LogP contribution in [0.5, 0.6) is 0 Å². The molecule has 0 aromatic heterocycles. The Morgan fingerprint density at radius 3 is 2.41 bits per heavy atom. The average Bonchev–Trinajstić information content (AvgIpc) is 3.38. The number of aliphatic hydroxyl groups is 1. The number of nitrogens with one attached hydrogen (secondary N) is 1. The third kappa shape index (κ3) is 11.3. The molecule has 2 bridgehead atoms. The van der Waals surface area contributed by atoms with Crippen LogP contribution in [-0.4, -0.2) is 115 Å². The molecule has 366 valence electrons. The minimum atomic E-state index is -5.59. The van der Waals surface area contributed by atoms with Crippen molar-refractivity contribution in [3.05, 3.63) is 50.9 Å². The number of hydrogen-bond donors (Lipinski definition) is 5. The number of nitrogens with zero attached hydrogens (tertiary/aromatic N) is 4. The summed E-state index contributed by atoms with van der Waals surface area (Å²) in [5, 5.41) is 39.9. The highest BCUT2D eigenvalue weighted by molar-refractivity contribution is 7.81. The Hall–Kier alpha value is -4.50. The van der Waals surface area contributed by atoms with Crippen LogP contribution < -0.4 is 5.32 Å². The van der Waals surface area contributed by atoms with Gasteiger partial charge in [0.15, 0.2) is 18.5 Å². The molecular formula is C40H55N5O19S2. The van der Waals surface area contributed by atoms with E-state index in [1.165, 1.54) is 12.1 Å². The number of esters is 2. The number of aliphatic carboxylic acids is 1. The number of carbonyl (C=O) groups excluding carboxylic acids is 2. The number of fused-ring (bicyclic) bond motifs is 3. The normalized spacial score (nSPS) is 34.0. The summed E-state index contributed by atoms with van der Waals surface area (Å²) in [6, 6.07) is 3.67. The SMILES string of the molecule is C=C1C2CCC3C4(C)CC(OC5OC(COC(=O)CCCNc6ccc(N=[N+]=[N-])cc6[N+](=O)[O-])C(OS(=O)(=O)O)C(OS(=O)(=O)O)C5OC(=O)CC(C)C)CC(C(=O)O)C4CCC3(C2)C1O. The molecule has 5 fully saturated rings. The van der Waals surface area contributed by atoms with E-state index in [0.29, 0.717) is 25.7 Å². The van der Waals surface area contributed by atoms with E-state index in [1.54, 1.807) is 13.8 Å². The van der Waals surface area contributed by atoms with Crippen molar-refractivity contribution in [1.82, 2.24) is 0 Å². The second kappa shape index (κ2) is 20.0. The molecule has 5 N–H and O–H groups in total. The Morgan fingerprint density at radius 2 is 1.77 bits per heavy atom. The van der Waals surface area contributed by atoms with E-state index < -0.39 is 116 Å². The van der Waals surface area contributed by atoms with Crippen molar-refractivity contribution in [3.63, 3.8) is 0 Å². The summed E-state index contributed by atoms with van der Waals surface area (Å²) in [7, 11) is -11.1. The van der Waals surface area contributed by atoms with Gasteiger partial charge in [0, 0.05) is 41.5 Å². The molecule has 0 amide bonds. The van der Waals surface area contributed by atoms with Gasteiger partial charge in [0.1, 0.15) is 24.5 Å². The summed E-state index contributed by atoms with van der Waals surface area (Å²) in [6.07, 6.45) is -9.84. The molecule has 6 rings (SSSR count). The number of carbonyl (C=O) groups is 3. The molecule has 1 aromatic rings. The number of aliphatic hydroxyl groups excluding tert-OH is 1. The van der Waals surface area contributed by atoms with Gasteiger partial charge in [0.25, 0.3) is 5.69 Å². The van der Waals surface area contributed by atoms with Crippen molar-refractivity contribution >= 4 is 55.8 Å². The third-order valence-corrected chi connectivity index (χ3v) is 14.9. The predicted molar refractivity (Wildman–Crippen MR) is 226 cm³/mol. The monoisotopic (exact) mass is 973 g/mol. The minimum absolute atomic E-state index is 0.00107. The van der Waals surface area contributed by atoms with E-state index in [4.69, 9.17) is 32.8 Å². The summed E-state index contributed by atoms with van der Waals surface area (Å²) in [4.78, 5) is 52.9. The molecule has 1 aromatic carbocycles. The van der Waals surface area contributed by atoms with E-state index in [1.807, 2.05) is 6.92 Å². The van der Waals surface area contributed by atoms with Gasteiger partial charge < -0.3 is 34.5 Å². The summed E-state index contributed by atoms with van der Waals surface area (Å²) in [5.41, 5.74) is 7.72. The quantitative estimate of drug-likeness (QED) is 0.0117. The van der Waals surface area contributed by atoms with Crippen molar-refractivity contribution in [2.75, 3.05) is 18.5 Å². The second-order valence-corrected chi connectivity index (χ2v) is 20.6. The van der Waals surface area contributed by atoms with Gasteiger partial charge in [-0.15, -0.1) is 0 Å². The smallest absolute Gasteiger partial charge is 0.397 e. The number of nitro groups is 1. The van der Waals surface area contributed by atoms with Crippen LogP contribution in [0.1, 0.15) is 85.0 Å². The fourth-order valence-corrected chi connectivity index (χ4v) is 12.5. The maximum Gasteiger partial charge on any atom is 0.397 e. The predicted octanol–water partition coefficient (Wildman–Crippen LogP) is 4.96. The van der Waals surface area contributed by atoms with E-state index in [2.05, 4.69) is 21.9 Å². The number of carboxylic acid groups (broad SMARTS) is 1. The molecule has 1 aliphatic heterocycles. The standard InChI is InChI=1S/C40H55N5O19S2/c1-20(2)14-32(47)62-35-34(64-66(56,57)58)33(63-65(53,54)55)29(19-59-31(46)6-5-13-42-27-9-8-23(43-44-41)15-28(27)45(51)52)61-38(35)60-24-16-25(37(49)50)26-11-12-40-17-22(21(3)36(40)48)7-10-30(40)39(26,4)18-24/h8-9,15,20,22,24-26,29-30,33-36,38,42,48H,3,5-7,10-14,16-19H2,1-2,4H3,(H,49,50)(H,53,54,55)(H,56,57,58). The first-order valence-electron chi connectivity index (χ1n) is 21.5. The molecule has 0 radical (unpaired) electrons. The highest BCUT2D eigenvalue weighted by atomic mass is 32.3. The lowest BCUT2D eigenvalue weighted by atomic mass is 9.43. The molecule has 26 heteroatoms. The van der Waals surface area contributed by atoms with E-state index in [0.717, 1.165) is 18.1 Å². The van der Waals surface area contributed by atoms with E-state index >= 15 is 0 Å². The fourth-order valence-electron chi connectivity index (χ4n) is 11.4. The Morgan fingerprint density at radius 1 is 1.08 bits per heavy atom. The van der Waals surface area contributed by atoms with Crippen LogP contribution in [0, 0.1) is 50.5 Å². The second-order valence-electron chi connectivity index (χ2n) is 18.5. The van der Waals surface area contributed by atoms with Crippen LogP contribution in [0.15, 0.2) is 35.5 Å². The lowest BCUT2D eigenvalue weighted by Gasteiger charge is -2.62. The Labute approximate surface area is 380 Å².